The summed E-state index contributed by atoms with van der Waals surface area (Å²) in [6.45, 7) is 4.68. The Morgan fingerprint density at radius 3 is 2.20 bits per heavy atom. The Labute approximate surface area is 148 Å². The number of methoxy groups -OCH3 is 2. The van der Waals surface area contributed by atoms with Gasteiger partial charge in [0, 0.05) is 18.7 Å². The lowest BCUT2D eigenvalue weighted by Crippen LogP contribution is -2.41. The molecule has 5 nitrogen and oxygen atoms in total. The average molecular weight is 340 g/mol. The van der Waals surface area contributed by atoms with E-state index in [0.717, 1.165) is 11.3 Å². The summed E-state index contributed by atoms with van der Waals surface area (Å²) in [6, 6.07) is 13.5. The molecule has 0 fully saturated rings. The number of rotatable bonds is 7. The highest BCUT2D eigenvalue weighted by atomic mass is 16.5. The smallest absolute Gasteiger partial charge is 0.262 e. The maximum Gasteiger partial charge on any atom is 0.262 e. The van der Waals surface area contributed by atoms with Crippen molar-refractivity contribution < 1.29 is 14.3 Å². The molecule has 0 heterocycles. The van der Waals surface area contributed by atoms with Crippen molar-refractivity contribution >= 4 is 17.7 Å². The van der Waals surface area contributed by atoms with Crippen molar-refractivity contribution in [3.05, 3.63) is 59.7 Å². The summed E-state index contributed by atoms with van der Waals surface area (Å²) in [4.78, 5) is 12.2. The van der Waals surface area contributed by atoms with Crippen LogP contribution in [0.15, 0.2) is 48.5 Å². The summed E-state index contributed by atoms with van der Waals surface area (Å²) in [7, 11) is 3.19. The van der Waals surface area contributed by atoms with Crippen LogP contribution in [0.4, 0.5) is 5.69 Å². The highest BCUT2D eigenvalue weighted by molar-refractivity contribution is 5.92. The van der Waals surface area contributed by atoms with E-state index < -0.39 is 0 Å². The Kier molecular flexibility index (Phi) is 6.46. The third-order valence-corrected chi connectivity index (χ3v) is 3.71. The highest BCUT2D eigenvalue weighted by Crippen LogP contribution is 2.23. The molecule has 0 aliphatic carbocycles. The molecule has 0 aliphatic rings. The Balaban J connectivity index is 2.07. The van der Waals surface area contributed by atoms with Crippen molar-refractivity contribution in [3.63, 3.8) is 0 Å². The molecular weight excluding hydrogens is 316 g/mol. The molecule has 1 N–H and O–H groups in total. The second-order valence-electron chi connectivity index (χ2n) is 5.54. The van der Waals surface area contributed by atoms with Crippen LogP contribution in [-0.2, 0) is 4.79 Å². The number of aryl methyl sites for hydroxylation is 1. The number of amides is 1. The molecular formula is C20H24N2O3. The van der Waals surface area contributed by atoms with Gasteiger partial charge >= 0.3 is 0 Å². The van der Waals surface area contributed by atoms with E-state index in [1.165, 1.54) is 11.6 Å². The molecule has 0 bridgehead atoms. The van der Waals surface area contributed by atoms with Crippen LogP contribution < -0.4 is 19.9 Å². The number of nitrogens with one attached hydrogen (secondary N) is 1. The molecule has 0 radical (unpaired) electrons. The standard InChI is InChI=1S/C20H24N2O3/c1-5-22(17-9-6-15(2)7-10-17)21-20(23)11-8-16-12-18(24-3)14-19(13-16)25-4/h6-14H,5H2,1-4H3,(H,21,23)/b11-8+. The number of carbonyl (C=O) groups is 1. The second-order valence-corrected chi connectivity index (χ2v) is 5.54. The molecule has 0 unspecified atom stereocenters. The molecule has 0 aliphatic heterocycles. The zero-order valence-corrected chi connectivity index (χ0v) is 15.1. The number of hydrogen-bond acceptors (Lipinski definition) is 4. The molecule has 0 atom stereocenters. The van der Waals surface area contributed by atoms with Gasteiger partial charge in [0.15, 0.2) is 0 Å². The quantitative estimate of drug-likeness (QED) is 0.618. The number of benzene rings is 2. The molecule has 2 aromatic carbocycles. The maximum absolute atomic E-state index is 12.2. The fourth-order valence-electron chi connectivity index (χ4n) is 2.32. The van der Waals surface area contributed by atoms with Gasteiger partial charge in [0.2, 0.25) is 0 Å². The Morgan fingerprint density at radius 2 is 1.68 bits per heavy atom. The van der Waals surface area contributed by atoms with E-state index in [9.17, 15) is 4.79 Å². The number of anilines is 1. The minimum atomic E-state index is -0.204. The highest BCUT2D eigenvalue weighted by Gasteiger charge is 2.06. The number of hydrogen-bond donors (Lipinski definition) is 1. The van der Waals surface area contributed by atoms with Gasteiger partial charge in [0.25, 0.3) is 5.91 Å². The summed E-state index contributed by atoms with van der Waals surface area (Å²) in [6.07, 6.45) is 3.22. The Bertz CT molecular complexity index is 717. The lowest BCUT2D eigenvalue weighted by Gasteiger charge is -2.23. The van der Waals surface area contributed by atoms with Crippen LogP contribution in [0.1, 0.15) is 18.1 Å². The van der Waals surface area contributed by atoms with Crippen LogP contribution in [0.5, 0.6) is 11.5 Å². The summed E-state index contributed by atoms with van der Waals surface area (Å²) in [5.41, 5.74) is 5.82. The summed E-state index contributed by atoms with van der Waals surface area (Å²) in [5.74, 6) is 1.15. The van der Waals surface area contributed by atoms with Crippen LogP contribution in [0.2, 0.25) is 0 Å². The average Bonchev–Trinajstić information content (AvgIpc) is 2.64. The monoisotopic (exact) mass is 340 g/mol. The first kappa shape index (κ1) is 18.4. The number of carbonyl (C=O) groups excluding carboxylic acids is 1. The maximum atomic E-state index is 12.2. The molecule has 2 aromatic rings. The second kappa shape index (κ2) is 8.78. The van der Waals surface area contributed by atoms with Crippen molar-refractivity contribution in [2.24, 2.45) is 0 Å². The van der Waals surface area contributed by atoms with E-state index in [-0.39, 0.29) is 5.91 Å². The molecule has 0 saturated heterocycles. The molecule has 0 aromatic heterocycles. The van der Waals surface area contributed by atoms with Gasteiger partial charge in [-0.1, -0.05) is 17.7 Å². The van der Waals surface area contributed by atoms with Crippen LogP contribution >= 0.6 is 0 Å². The fourth-order valence-corrected chi connectivity index (χ4v) is 2.32. The molecule has 2 rings (SSSR count). The van der Waals surface area contributed by atoms with E-state index in [1.807, 2.05) is 50.2 Å². The van der Waals surface area contributed by atoms with Crippen LogP contribution in [-0.4, -0.2) is 26.7 Å². The zero-order valence-electron chi connectivity index (χ0n) is 15.1. The normalized spacial score (nSPS) is 10.6. The van der Waals surface area contributed by atoms with Crippen molar-refractivity contribution in [2.75, 3.05) is 25.8 Å². The van der Waals surface area contributed by atoms with Gasteiger partial charge in [0.1, 0.15) is 11.5 Å². The Morgan fingerprint density at radius 1 is 1.08 bits per heavy atom. The molecule has 1 amide bonds. The lowest BCUT2D eigenvalue weighted by atomic mass is 10.2. The topological polar surface area (TPSA) is 50.8 Å². The third kappa shape index (κ3) is 5.28. The van der Waals surface area contributed by atoms with Crippen molar-refractivity contribution in [1.29, 1.82) is 0 Å². The number of nitrogens with zero attached hydrogens (tertiary/aromatic N) is 1. The summed E-state index contributed by atoms with van der Waals surface area (Å²) < 4.78 is 10.5. The van der Waals surface area contributed by atoms with Gasteiger partial charge in [-0.15, -0.1) is 0 Å². The van der Waals surface area contributed by atoms with Crippen LogP contribution in [0.25, 0.3) is 6.08 Å². The zero-order chi connectivity index (χ0) is 18.2. The van der Waals surface area contributed by atoms with Gasteiger partial charge in [-0.25, -0.2) is 0 Å². The van der Waals surface area contributed by atoms with Crippen molar-refractivity contribution in [3.8, 4) is 11.5 Å². The van der Waals surface area contributed by atoms with E-state index >= 15 is 0 Å². The first-order chi connectivity index (χ1) is 12.0. The molecule has 0 spiro atoms. The number of ether oxygens (including phenoxy) is 2. The van der Waals surface area contributed by atoms with E-state index in [0.29, 0.717) is 18.0 Å². The van der Waals surface area contributed by atoms with E-state index in [1.54, 1.807) is 31.4 Å². The van der Waals surface area contributed by atoms with Crippen molar-refractivity contribution in [2.45, 2.75) is 13.8 Å². The summed E-state index contributed by atoms with van der Waals surface area (Å²) in [5, 5.41) is 1.80. The summed E-state index contributed by atoms with van der Waals surface area (Å²) >= 11 is 0. The van der Waals surface area contributed by atoms with Gasteiger partial charge in [-0.3, -0.25) is 15.2 Å². The van der Waals surface area contributed by atoms with E-state index in [2.05, 4.69) is 5.43 Å². The molecule has 132 valence electrons. The van der Waals surface area contributed by atoms with Gasteiger partial charge in [-0.2, -0.15) is 0 Å². The molecule has 25 heavy (non-hydrogen) atoms. The predicted octanol–water partition coefficient (Wildman–Crippen LogP) is 3.58. The lowest BCUT2D eigenvalue weighted by molar-refractivity contribution is -0.116. The first-order valence-corrected chi connectivity index (χ1v) is 8.11. The van der Waals surface area contributed by atoms with Crippen molar-refractivity contribution in [1.82, 2.24) is 5.43 Å². The minimum absolute atomic E-state index is 0.204. The van der Waals surface area contributed by atoms with Crippen LogP contribution in [0.3, 0.4) is 0 Å². The largest absolute Gasteiger partial charge is 0.497 e. The number of hydrazine groups is 1. The first-order valence-electron chi connectivity index (χ1n) is 8.11. The van der Waals surface area contributed by atoms with Gasteiger partial charge in [-0.05, 0) is 49.8 Å². The van der Waals surface area contributed by atoms with Gasteiger partial charge < -0.3 is 9.47 Å². The molecule has 5 heteroatoms. The van der Waals surface area contributed by atoms with Gasteiger partial charge in [0.05, 0.1) is 19.9 Å². The SMILES string of the molecule is CCN(NC(=O)/C=C/c1cc(OC)cc(OC)c1)c1ccc(C)cc1. The minimum Gasteiger partial charge on any atom is -0.497 e. The fraction of sp³-hybridized carbons (Fsp3) is 0.250. The predicted molar refractivity (Wildman–Crippen MR) is 101 cm³/mol. The van der Waals surface area contributed by atoms with E-state index in [4.69, 9.17) is 9.47 Å². The van der Waals surface area contributed by atoms with Crippen LogP contribution in [0, 0.1) is 6.92 Å². The third-order valence-electron chi connectivity index (χ3n) is 3.71. The Hall–Kier alpha value is -2.95. The molecule has 0 saturated carbocycles.